The normalized spacial score (nSPS) is 7.90. The van der Waals surface area contributed by atoms with Crippen molar-refractivity contribution in [3.8, 4) is 0 Å². The third-order valence-electron chi connectivity index (χ3n) is 1.02. The van der Waals surface area contributed by atoms with Gasteiger partial charge in [0, 0.05) is 6.20 Å². The molecule has 56 valence electrons. The molecule has 1 N–H and O–H groups in total. The summed E-state index contributed by atoms with van der Waals surface area (Å²) >= 11 is 4.90. The summed E-state index contributed by atoms with van der Waals surface area (Å²) in [7, 11) is 0. The van der Waals surface area contributed by atoms with Crippen molar-refractivity contribution in [3.63, 3.8) is 0 Å². The lowest BCUT2D eigenvalue weighted by Crippen LogP contribution is -1.75. The molecule has 0 saturated heterocycles. The van der Waals surface area contributed by atoms with Gasteiger partial charge in [-0.2, -0.15) is 0 Å². The molecule has 0 unspecified atom stereocenters. The molecule has 2 heteroatoms. The monoisotopic (exact) mass is 155 g/mol. The van der Waals surface area contributed by atoms with Crippen LogP contribution in [0.5, 0.6) is 0 Å². The summed E-state index contributed by atoms with van der Waals surface area (Å²) in [4.78, 5) is 2.91. The molecule has 0 aliphatic heterocycles. The Morgan fingerprint density at radius 3 is 2.30 bits per heavy atom. The number of aromatic nitrogens is 1. The Hall–Kier alpha value is -0.630. The summed E-state index contributed by atoms with van der Waals surface area (Å²) in [6, 6.07) is 3.92. The predicted octanol–water partition coefficient (Wildman–Crippen LogP) is 3.08. The van der Waals surface area contributed by atoms with Gasteiger partial charge in [0.2, 0.25) is 0 Å². The van der Waals surface area contributed by atoms with Gasteiger partial charge in [0.25, 0.3) is 0 Å². The molecule has 1 nitrogen and oxygen atoms in total. The minimum atomic E-state index is 0.826. The van der Waals surface area contributed by atoms with E-state index in [2.05, 4.69) is 4.98 Å². The lowest BCUT2D eigenvalue weighted by atomic mass is 10.3. The van der Waals surface area contributed by atoms with Crippen LogP contribution in [0.2, 0.25) is 0 Å². The van der Waals surface area contributed by atoms with Crippen LogP contribution in [-0.2, 0) is 0 Å². The maximum atomic E-state index is 4.90. The van der Waals surface area contributed by atoms with Gasteiger partial charge in [-0.25, -0.2) is 0 Å². The molecule has 10 heavy (non-hydrogen) atoms. The van der Waals surface area contributed by atoms with Crippen molar-refractivity contribution in [2.45, 2.75) is 20.8 Å². The van der Waals surface area contributed by atoms with Crippen LogP contribution in [-0.4, -0.2) is 4.98 Å². The fourth-order valence-electron chi connectivity index (χ4n) is 0.506. The van der Waals surface area contributed by atoms with E-state index in [0.29, 0.717) is 0 Å². The second kappa shape index (κ2) is 5.18. The molecular formula is C8H13NS. The van der Waals surface area contributed by atoms with Crippen molar-refractivity contribution in [2.24, 2.45) is 0 Å². The molecule has 1 aromatic rings. The summed E-state index contributed by atoms with van der Waals surface area (Å²) in [5.41, 5.74) is 1.13. The second-order valence-corrected chi connectivity index (χ2v) is 2.09. The maximum absolute atomic E-state index is 4.90. The second-order valence-electron chi connectivity index (χ2n) is 1.68. The first-order valence-corrected chi connectivity index (χ1v) is 3.86. The highest BCUT2D eigenvalue weighted by atomic mass is 32.1. The van der Waals surface area contributed by atoms with Crippen LogP contribution in [0.15, 0.2) is 18.3 Å². The third kappa shape index (κ3) is 2.78. The van der Waals surface area contributed by atoms with Crippen molar-refractivity contribution in [1.82, 2.24) is 4.98 Å². The van der Waals surface area contributed by atoms with Crippen molar-refractivity contribution in [1.29, 1.82) is 0 Å². The Balaban J connectivity index is 0.000000371. The molecule has 0 fully saturated rings. The van der Waals surface area contributed by atoms with Crippen LogP contribution in [0.3, 0.4) is 0 Å². The van der Waals surface area contributed by atoms with E-state index in [9.17, 15) is 0 Å². The Morgan fingerprint density at radius 2 is 2.00 bits per heavy atom. The summed E-state index contributed by atoms with van der Waals surface area (Å²) in [5.74, 6) is 0. The van der Waals surface area contributed by atoms with Gasteiger partial charge in [0.15, 0.2) is 0 Å². The summed E-state index contributed by atoms with van der Waals surface area (Å²) in [6.07, 6.45) is 1.83. The molecule has 0 atom stereocenters. The van der Waals surface area contributed by atoms with Crippen LogP contribution in [0.25, 0.3) is 0 Å². The van der Waals surface area contributed by atoms with Gasteiger partial charge in [-0.15, -0.1) is 0 Å². The zero-order valence-electron chi connectivity index (χ0n) is 6.64. The van der Waals surface area contributed by atoms with E-state index in [-0.39, 0.29) is 0 Å². The molecule has 0 bridgehead atoms. The topological polar surface area (TPSA) is 15.8 Å². The molecule has 0 aromatic carbocycles. The fourth-order valence-corrected chi connectivity index (χ4v) is 0.642. The summed E-state index contributed by atoms with van der Waals surface area (Å²) < 4.78 is 0.826. The average Bonchev–Trinajstić information content (AvgIpc) is 2.00. The van der Waals surface area contributed by atoms with E-state index >= 15 is 0 Å². The molecule has 1 aromatic heterocycles. The quantitative estimate of drug-likeness (QED) is 0.569. The largest absolute Gasteiger partial charge is 0.353 e. The number of hydrogen-bond acceptors (Lipinski definition) is 1. The van der Waals surface area contributed by atoms with Gasteiger partial charge < -0.3 is 4.98 Å². The number of pyridine rings is 1. The fraction of sp³-hybridized carbons (Fsp3) is 0.375. The van der Waals surface area contributed by atoms with Gasteiger partial charge in [-0.3, -0.25) is 0 Å². The molecule has 0 spiro atoms. The van der Waals surface area contributed by atoms with Gasteiger partial charge in [-0.05, 0) is 18.6 Å². The zero-order chi connectivity index (χ0) is 7.98. The highest BCUT2D eigenvalue weighted by molar-refractivity contribution is 7.71. The van der Waals surface area contributed by atoms with E-state index in [4.69, 9.17) is 12.2 Å². The summed E-state index contributed by atoms with van der Waals surface area (Å²) in [6.45, 7) is 5.98. The molecule has 0 amide bonds. The van der Waals surface area contributed by atoms with E-state index in [1.165, 1.54) is 0 Å². The van der Waals surface area contributed by atoms with E-state index in [1.54, 1.807) is 0 Å². The van der Waals surface area contributed by atoms with E-state index < -0.39 is 0 Å². The zero-order valence-corrected chi connectivity index (χ0v) is 7.46. The number of aryl methyl sites for hydroxylation is 1. The summed E-state index contributed by atoms with van der Waals surface area (Å²) in [5, 5.41) is 0. The molecule has 0 saturated carbocycles. The van der Waals surface area contributed by atoms with Crippen LogP contribution in [0.1, 0.15) is 19.4 Å². The molecule has 1 heterocycles. The Bertz CT molecular complexity index is 227. The van der Waals surface area contributed by atoms with Gasteiger partial charge in [-0.1, -0.05) is 32.1 Å². The molecule has 0 aliphatic carbocycles. The van der Waals surface area contributed by atoms with Gasteiger partial charge >= 0.3 is 0 Å². The smallest absolute Gasteiger partial charge is 0.106 e. The SMILES string of the molecule is CC.Cc1ccc[nH]c1=S. The predicted molar refractivity (Wildman–Crippen MR) is 47.7 cm³/mol. The minimum Gasteiger partial charge on any atom is -0.353 e. The van der Waals surface area contributed by atoms with Crippen LogP contribution < -0.4 is 0 Å². The first-order chi connectivity index (χ1) is 4.80. The number of rotatable bonds is 0. The Morgan fingerprint density at radius 1 is 1.40 bits per heavy atom. The lowest BCUT2D eigenvalue weighted by Gasteiger charge is -1.86. The van der Waals surface area contributed by atoms with Crippen molar-refractivity contribution in [3.05, 3.63) is 28.5 Å². The minimum absolute atomic E-state index is 0.826. The highest BCUT2D eigenvalue weighted by Crippen LogP contribution is 1.93. The van der Waals surface area contributed by atoms with Gasteiger partial charge in [0.1, 0.15) is 4.64 Å². The Kier molecular flexibility index (Phi) is 4.85. The number of H-pyrrole nitrogens is 1. The number of aromatic amines is 1. The number of hydrogen-bond donors (Lipinski definition) is 1. The maximum Gasteiger partial charge on any atom is 0.106 e. The van der Waals surface area contributed by atoms with Crippen molar-refractivity contribution < 1.29 is 0 Å². The standard InChI is InChI=1S/C6H7NS.C2H6/c1-5-3-2-4-7-6(5)8;1-2/h2-4H,1H3,(H,7,8);1-2H3. The van der Waals surface area contributed by atoms with Crippen LogP contribution in [0.4, 0.5) is 0 Å². The lowest BCUT2D eigenvalue weighted by molar-refractivity contribution is 1.24. The van der Waals surface area contributed by atoms with Gasteiger partial charge in [0.05, 0.1) is 0 Å². The average molecular weight is 155 g/mol. The van der Waals surface area contributed by atoms with Crippen molar-refractivity contribution in [2.75, 3.05) is 0 Å². The molecule has 0 aliphatic rings. The molecule has 0 radical (unpaired) electrons. The highest BCUT2D eigenvalue weighted by Gasteiger charge is 1.79. The van der Waals surface area contributed by atoms with E-state index in [0.717, 1.165) is 10.2 Å². The first kappa shape index (κ1) is 9.37. The van der Waals surface area contributed by atoms with E-state index in [1.807, 2.05) is 39.1 Å². The molecular weight excluding hydrogens is 142 g/mol. The number of nitrogens with one attached hydrogen (secondary N) is 1. The van der Waals surface area contributed by atoms with Crippen LogP contribution in [0, 0.1) is 11.6 Å². The third-order valence-corrected chi connectivity index (χ3v) is 1.45. The van der Waals surface area contributed by atoms with Crippen LogP contribution >= 0.6 is 12.2 Å². The first-order valence-electron chi connectivity index (χ1n) is 3.45. The van der Waals surface area contributed by atoms with Crippen molar-refractivity contribution >= 4 is 12.2 Å². The molecule has 1 rings (SSSR count). The Labute approximate surface area is 67.1 Å².